The van der Waals surface area contributed by atoms with Crippen LogP contribution in [0.5, 0.6) is 0 Å². The van der Waals surface area contributed by atoms with Crippen LogP contribution in [0.4, 0.5) is 4.79 Å². The van der Waals surface area contributed by atoms with E-state index in [1.165, 1.54) is 4.90 Å². The number of aliphatic hydroxyl groups excluding tert-OH is 1. The van der Waals surface area contributed by atoms with Crippen molar-refractivity contribution in [3.8, 4) is 11.1 Å². The first-order chi connectivity index (χ1) is 16.3. The predicted octanol–water partition coefficient (Wildman–Crippen LogP) is 3.13. The number of piperidine rings is 1. The monoisotopic (exact) mass is 466 g/mol. The van der Waals surface area contributed by atoms with E-state index >= 15 is 0 Å². The van der Waals surface area contributed by atoms with Crippen LogP contribution in [0, 0.1) is 0 Å². The summed E-state index contributed by atoms with van der Waals surface area (Å²) in [5.74, 6) is -1.88. The van der Waals surface area contributed by atoms with E-state index in [4.69, 9.17) is 4.74 Å². The second kappa shape index (κ2) is 9.85. The SMILES string of the molecule is CC1(CO)CCCCN1C(=O)C(CC(=O)O)NC(=O)OCC1c2ccccc2-c2ccccc21. The van der Waals surface area contributed by atoms with Crippen molar-refractivity contribution < 1.29 is 29.3 Å². The van der Waals surface area contributed by atoms with E-state index in [0.29, 0.717) is 13.0 Å². The van der Waals surface area contributed by atoms with Crippen molar-refractivity contribution in [3.05, 3.63) is 59.7 Å². The van der Waals surface area contributed by atoms with Gasteiger partial charge in [-0.3, -0.25) is 9.59 Å². The molecule has 34 heavy (non-hydrogen) atoms. The van der Waals surface area contributed by atoms with E-state index in [0.717, 1.165) is 35.1 Å². The molecule has 4 rings (SSSR count). The van der Waals surface area contributed by atoms with Crippen molar-refractivity contribution in [2.24, 2.45) is 0 Å². The van der Waals surface area contributed by atoms with Gasteiger partial charge in [-0.1, -0.05) is 48.5 Å². The molecule has 8 heteroatoms. The Morgan fingerprint density at radius 2 is 1.71 bits per heavy atom. The number of rotatable bonds is 7. The van der Waals surface area contributed by atoms with Gasteiger partial charge in [0.15, 0.2) is 0 Å². The van der Waals surface area contributed by atoms with Gasteiger partial charge >= 0.3 is 12.1 Å². The van der Waals surface area contributed by atoms with Gasteiger partial charge in [-0.15, -0.1) is 0 Å². The van der Waals surface area contributed by atoms with E-state index in [2.05, 4.69) is 5.32 Å². The Morgan fingerprint density at radius 1 is 1.09 bits per heavy atom. The molecule has 0 saturated carbocycles. The third-order valence-corrected chi connectivity index (χ3v) is 6.92. The van der Waals surface area contributed by atoms with Gasteiger partial charge in [0.1, 0.15) is 12.6 Å². The summed E-state index contributed by atoms with van der Waals surface area (Å²) in [5.41, 5.74) is 3.52. The number of carbonyl (C=O) groups excluding carboxylic acids is 2. The van der Waals surface area contributed by atoms with Crippen molar-refractivity contribution in [1.82, 2.24) is 10.2 Å². The van der Waals surface area contributed by atoms with Crippen LogP contribution in [-0.2, 0) is 14.3 Å². The minimum atomic E-state index is -1.28. The highest BCUT2D eigenvalue weighted by Gasteiger charge is 2.40. The maximum atomic E-state index is 13.2. The minimum absolute atomic E-state index is 0.0614. The second-order valence-electron chi connectivity index (χ2n) is 9.22. The number of hydrogen-bond donors (Lipinski definition) is 3. The van der Waals surface area contributed by atoms with Gasteiger partial charge in [0, 0.05) is 12.5 Å². The van der Waals surface area contributed by atoms with Crippen LogP contribution >= 0.6 is 0 Å². The quantitative estimate of drug-likeness (QED) is 0.577. The molecule has 2 aromatic rings. The van der Waals surface area contributed by atoms with Crippen LogP contribution in [0.25, 0.3) is 11.1 Å². The number of carboxylic acid groups (broad SMARTS) is 1. The Kier molecular flexibility index (Phi) is 6.88. The Labute approximate surface area is 198 Å². The summed E-state index contributed by atoms with van der Waals surface area (Å²) in [6, 6.07) is 14.6. The molecule has 0 radical (unpaired) electrons. The Morgan fingerprint density at radius 3 is 2.29 bits per heavy atom. The Hall–Kier alpha value is -3.39. The molecule has 1 aliphatic carbocycles. The molecule has 2 atom stereocenters. The van der Waals surface area contributed by atoms with E-state index in [1.54, 1.807) is 6.92 Å². The fraction of sp³-hybridized carbons (Fsp3) is 0.423. The number of ether oxygens (including phenoxy) is 1. The second-order valence-corrected chi connectivity index (χ2v) is 9.22. The van der Waals surface area contributed by atoms with Crippen LogP contribution in [0.3, 0.4) is 0 Å². The molecule has 1 saturated heterocycles. The summed E-state index contributed by atoms with van der Waals surface area (Å²) >= 11 is 0. The van der Waals surface area contributed by atoms with E-state index in [9.17, 15) is 24.6 Å². The molecule has 8 nitrogen and oxygen atoms in total. The van der Waals surface area contributed by atoms with Crippen molar-refractivity contribution in [1.29, 1.82) is 0 Å². The smallest absolute Gasteiger partial charge is 0.407 e. The number of hydrogen-bond acceptors (Lipinski definition) is 5. The number of aliphatic carboxylic acids is 1. The topological polar surface area (TPSA) is 116 Å². The number of amides is 2. The van der Waals surface area contributed by atoms with Crippen LogP contribution in [0.2, 0.25) is 0 Å². The maximum Gasteiger partial charge on any atom is 0.407 e. The van der Waals surface area contributed by atoms with Gasteiger partial charge in [-0.2, -0.15) is 0 Å². The molecule has 1 heterocycles. The molecule has 1 aliphatic heterocycles. The van der Waals surface area contributed by atoms with E-state index in [1.807, 2.05) is 48.5 Å². The first-order valence-corrected chi connectivity index (χ1v) is 11.6. The fourth-order valence-electron chi connectivity index (χ4n) is 5.07. The normalized spacial score (nSPS) is 20.2. The average molecular weight is 467 g/mol. The van der Waals surface area contributed by atoms with Crippen LogP contribution in [0.15, 0.2) is 48.5 Å². The molecule has 0 spiro atoms. The zero-order valence-electron chi connectivity index (χ0n) is 19.2. The fourth-order valence-corrected chi connectivity index (χ4v) is 5.07. The van der Waals surface area contributed by atoms with Gasteiger partial charge in [0.2, 0.25) is 5.91 Å². The predicted molar refractivity (Wildman–Crippen MR) is 125 cm³/mol. The number of alkyl carbamates (subject to hydrolysis) is 1. The molecule has 2 amide bonds. The lowest BCUT2D eigenvalue weighted by molar-refractivity contribution is -0.148. The molecule has 0 aromatic heterocycles. The van der Waals surface area contributed by atoms with Crippen molar-refractivity contribution in [2.75, 3.05) is 19.8 Å². The van der Waals surface area contributed by atoms with Gasteiger partial charge in [-0.25, -0.2) is 4.79 Å². The summed E-state index contributed by atoms with van der Waals surface area (Å²) in [5, 5.41) is 21.7. The largest absolute Gasteiger partial charge is 0.481 e. The third kappa shape index (κ3) is 4.63. The number of aliphatic hydroxyl groups is 1. The third-order valence-electron chi connectivity index (χ3n) is 6.92. The summed E-state index contributed by atoms with van der Waals surface area (Å²) < 4.78 is 5.50. The molecule has 2 unspecified atom stereocenters. The number of carbonyl (C=O) groups is 3. The number of fused-ring (bicyclic) bond motifs is 3. The maximum absolute atomic E-state index is 13.2. The lowest BCUT2D eigenvalue weighted by Crippen LogP contribution is -2.60. The first kappa shape index (κ1) is 23.8. The number of nitrogens with one attached hydrogen (secondary N) is 1. The lowest BCUT2D eigenvalue weighted by Gasteiger charge is -2.45. The first-order valence-electron chi connectivity index (χ1n) is 11.6. The molecule has 1 fully saturated rings. The Balaban J connectivity index is 1.46. The van der Waals surface area contributed by atoms with Crippen molar-refractivity contribution in [3.63, 3.8) is 0 Å². The van der Waals surface area contributed by atoms with Gasteiger partial charge in [0.25, 0.3) is 0 Å². The molecular weight excluding hydrogens is 436 g/mol. The highest BCUT2D eigenvalue weighted by Crippen LogP contribution is 2.44. The van der Waals surface area contributed by atoms with E-state index < -0.39 is 36.0 Å². The molecule has 3 N–H and O–H groups in total. The zero-order chi connectivity index (χ0) is 24.3. The minimum Gasteiger partial charge on any atom is -0.481 e. The summed E-state index contributed by atoms with van der Waals surface area (Å²) in [7, 11) is 0. The standard InChI is InChI=1S/C26H30N2O6/c1-26(16-29)12-6-7-13-28(26)24(32)22(14-23(30)31)27-25(33)34-15-21-19-10-4-2-8-17(19)18-9-3-5-11-20(18)21/h2-5,8-11,21-22,29H,6-7,12-16H2,1H3,(H,27,33)(H,30,31). The Bertz CT molecular complexity index is 1040. The molecule has 0 bridgehead atoms. The number of benzene rings is 2. The highest BCUT2D eigenvalue weighted by molar-refractivity contribution is 5.90. The highest BCUT2D eigenvalue weighted by atomic mass is 16.5. The molecular formula is C26H30N2O6. The number of likely N-dealkylation sites (tertiary alicyclic amines) is 1. The average Bonchev–Trinajstić information content (AvgIpc) is 3.15. The summed E-state index contributed by atoms with van der Waals surface area (Å²) in [6.45, 7) is 2.00. The molecule has 180 valence electrons. The summed E-state index contributed by atoms with van der Waals surface area (Å²) in [6.07, 6.45) is 0.821. The van der Waals surface area contributed by atoms with Crippen LogP contribution < -0.4 is 5.32 Å². The van der Waals surface area contributed by atoms with Crippen LogP contribution in [0.1, 0.15) is 49.7 Å². The molecule has 2 aromatic carbocycles. The van der Waals surface area contributed by atoms with Crippen molar-refractivity contribution >= 4 is 18.0 Å². The lowest BCUT2D eigenvalue weighted by atomic mass is 9.88. The van der Waals surface area contributed by atoms with Gasteiger partial charge in [0.05, 0.1) is 18.6 Å². The summed E-state index contributed by atoms with van der Waals surface area (Å²) in [4.78, 5) is 38.8. The molecule has 2 aliphatic rings. The van der Waals surface area contributed by atoms with Gasteiger partial charge in [-0.05, 0) is 48.4 Å². The number of nitrogens with zero attached hydrogens (tertiary/aromatic N) is 1. The zero-order valence-corrected chi connectivity index (χ0v) is 19.2. The van der Waals surface area contributed by atoms with E-state index in [-0.39, 0.29) is 19.1 Å². The number of carboxylic acids is 1. The van der Waals surface area contributed by atoms with Crippen LogP contribution in [-0.4, -0.2) is 64.4 Å². The van der Waals surface area contributed by atoms with Crippen molar-refractivity contribution in [2.45, 2.75) is 50.1 Å². The van der Waals surface area contributed by atoms with Gasteiger partial charge < -0.3 is 25.2 Å².